The molecule has 0 heterocycles. The minimum atomic E-state index is 1.15. The highest BCUT2D eigenvalue weighted by atomic mass is 14.4. The molecule has 0 aromatic carbocycles. The fourth-order valence-electron chi connectivity index (χ4n) is 4.76. The van der Waals surface area contributed by atoms with Gasteiger partial charge in [-0.2, -0.15) is 0 Å². The molecule has 3 saturated carbocycles. The molecule has 3 aliphatic rings. The van der Waals surface area contributed by atoms with E-state index in [0.717, 1.165) is 23.7 Å². The molecule has 0 heteroatoms. The van der Waals surface area contributed by atoms with Gasteiger partial charge in [0.25, 0.3) is 0 Å². The van der Waals surface area contributed by atoms with E-state index in [2.05, 4.69) is 0 Å². The van der Waals surface area contributed by atoms with Crippen LogP contribution in [0.3, 0.4) is 0 Å². The predicted molar refractivity (Wildman–Crippen MR) is 64.7 cm³/mol. The van der Waals surface area contributed by atoms with Crippen molar-refractivity contribution in [3.63, 3.8) is 0 Å². The number of hydrogen-bond acceptors (Lipinski definition) is 0. The van der Waals surface area contributed by atoms with Gasteiger partial charge in [-0.25, -0.2) is 0 Å². The lowest BCUT2D eigenvalue weighted by molar-refractivity contribution is 0.0734. The van der Waals surface area contributed by atoms with Crippen molar-refractivity contribution in [1.29, 1.82) is 0 Å². The average molecular weight is 206 g/mol. The first-order valence-electron chi connectivity index (χ1n) is 7.43. The third kappa shape index (κ3) is 2.10. The lowest BCUT2D eigenvalue weighted by atomic mass is 9.62. The molecule has 3 fully saturated rings. The van der Waals surface area contributed by atoms with E-state index >= 15 is 0 Å². The molecule has 0 amide bonds. The monoisotopic (exact) mass is 206 g/mol. The van der Waals surface area contributed by atoms with E-state index in [0.29, 0.717) is 0 Å². The minimum Gasteiger partial charge on any atom is -0.0533 e. The van der Waals surface area contributed by atoms with Crippen molar-refractivity contribution in [2.24, 2.45) is 23.7 Å². The van der Waals surface area contributed by atoms with Crippen molar-refractivity contribution in [1.82, 2.24) is 0 Å². The topological polar surface area (TPSA) is 0 Å². The summed E-state index contributed by atoms with van der Waals surface area (Å²) in [5, 5.41) is 0. The molecule has 0 aromatic rings. The summed E-state index contributed by atoms with van der Waals surface area (Å²) in [5.41, 5.74) is 0. The normalized spacial score (nSPS) is 46.4. The Morgan fingerprint density at radius 1 is 0.400 bits per heavy atom. The van der Waals surface area contributed by atoms with Gasteiger partial charge in [0.2, 0.25) is 0 Å². The third-order valence-corrected chi connectivity index (χ3v) is 5.59. The van der Waals surface area contributed by atoms with Gasteiger partial charge in [0.15, 0.2) is 0 Å². The van der Waals surface area contributed by atoms with Crippen LogP contribution in [0.15, 0.2) is 0 Å². The molecule has 4 atom stereocenters. The molecule has 86 valence electrons. The largest absolute Gasteiger partial charge is 0.0533 e. The molecule has 0 saturated heterocycles. The molecule has 4 unspecified atom stereocenters. The molecule has 0 spiro atoms. The van der Waals surface area contributed by atoms with Crippen LogP contribution in [0.25, 0.3) is 0 Å². The SMILES string of the molecule is C1CCC2CC3CCCCC3CC2CC1. The van der Waals surface area contributed by atoms with Crippen LogP contribution in [0.4, 0.5) is 0 Å². The Bertz CT molecular complexity index is 186. The van der Waals surface area contributed by atoms with E-state index < -0.39 is 0 Å². The van der Waals surface area contributed by atoms with Crippen LogP contribution in [0.5, 0.6) is 0 Å². The Kier molecular flexibility index (Phi) is 3.03. The standard InChI is InChI=1S/C15H26/c1-2-6-12-10-14-8-4-5-9-15(14)11-13(12)7-3-1/h12-15H,1-11H2. The van der Waals surface area contributed by atoms with E-state index in [1.807, 2.05) is 0 Å². The van der Waals surface area contributed by atoms with Gasteiger partial charge < -0.3 is 0 Å². The quantitative estimate of drug-likeness (QED) is 0.535. The van der Waals surface area contributed by atoms with Crippen molar-refractivity contribution in [3.05, 3.63) is 0 Å². The minimum absolute atomic E-state index is 1.15. The second kappa shape index (κ2) is 4.47. The smallest absolute Gasteiger partial charge is 0.0383 e. The first-order valence-corrected chi connectivity index (χ1v) is 7.43. The predicted octanol–water partition coefficient (Wildman–Crippen LogP) is 4.78. The molecular weight excluding hydrogens is 180 g/mol. The number of hydrogen-bond donors (Lipinski definition) is 0. The molecule has 15 heavy (non-hydrogen) atoms. The molecule has 0 nitrogen and oxygen atoms in total. The molecule has 0 aliphatic heterocycles. The van der Waals surface area contributed by atoms with Crippen molar-refractivity contribution in [3.8, 4) is 0 Å². The zero-order valence-corrected chi connectivity index (χ0v) is 10.1. The highest BCUT2D eigenvalue weighted by molar-refractivity contribution is 4.88. The van der Waals surface area contributed by atoms with E-state index in [1.165, 1.54) is 6.42 Å². The average Bonchev–Trinajstić information content (AvgIpc) is 2.50. The molecular formula is C15H26. The zero-order valence-electron chi connectivity index (χ0n) is 10.1. The zero-order chi connectivity index (χ0) is 10.1. The Labute approximate surface area is 94.8 Å². The van der Waals surface area contributed by atoms with Gasteiger partial charge >= 0.3 is 0 Å². The van der Waals surface area contributed by atoms with Crippen LogP contribution in [0, 0.1) is 23.7 Å². The van der Waals surface area contributed by atoms with Crippen LogP contribution < -0.4 is 0 Å². The Morgan fingerprint density at radius 3 is 1.13 bits per heavy atom. The van der Waals surface area contributed by atoms with Gasteiger partial charge in [-0.1, -0.05) is 57.8 Å². The molecule has 0 radical (unpaired) electrons. The van der Waals surface area contributed by atoms with Crippen molar-refractivity contribution < 1.29 is 0 Å². The maximum Gasteiger partial charge on any atom is -0.0383 e. The highest BCUT2D eigenvalue weighted by Crippen LogP contribution is 2.49. The van der Waals surface area contributed by atoms with E-state index in [1.54, 1.807) is 64.2 Å². The van der Waals surface area contributed by atoms with Gasteiger partial charge in [0.1, 0.15) is 0 Å². The highest BCUT2D eigenvalue weighted by Gasteiger charge is 2.37. The maximum absolute atomic E-state index is 1.62. The van der Waals surface area contributed by atoms with Crippen LogP contribution in [0.1, 0.15) is 70.6 Å². The lowest BCUT2D eigenvalue weighted by Crippen LogP contribution is -2.33. The summed E-state index contributed by atoms with van der Waals surface area (Å²) in [7, 11) is 0. The molecule has 3 rings (SSSR count). The van der Waals surface area contributed by atoms with Gasteiger partial charge in [-0.05, 0) is 36.5 Å². The molecule has 0 bridgehead atoms. The first-order chi connectivity index (χ1) is 7.43. The summed E-state index contributed by atoms with van der Waals surface area (Å²) in [5.74, 6) is 4.59. The van der Waals surface area contributed by atoms with Crippen molar-refractivity contribution in [2.45, 2.75) is 70.6 Å². The van der Waals surface area contributed by atoms with Gasteiger partial charge in [0.05, 0.1) is 0 Å². The fraction of sp³-hybridized carbons (Fsp3) is 1.00. The lowest BCUT2D eigenvalue weighted by Gasteiger charge is -2.43. The summed E-state index contributed by atoms with van der Waals surface area (Å²) in [4.78, 5) is 0. The third-order valence-electron chi connectivity index (χ3n) is 5.59. The molecule has 3 aliphatic carbocycles. The van der Waals surface area contributed by atoms with Crippen LogP contribution in [-0.4, -0.2) is 0 Å². The van der Waals surface area contributed by atoms with E-state index in [9.17, 15) is 0 Å². The summed E-state index contributed by atoms with van der Waals surface area (Å²) < 4.78 is 0. The van der Waals surface area contributed by atoms with Crippen molar-refractivity contribution in [2.75, 3.05) is 0 Å². The van der Waals surface area contributed by atoms with E-state index in [4.69, 9.17) is 0 Å². The summed E-state index contributed by atoms with van der Waals surface area (Å²) in [6.07, 6.45) is 17.2. The Balaban J connectivity index is 1.68. The second-order valence-electron chi connectivity index (χ2n) is 6.43. The summed E-state index contributed by atoms with van der Waals surface area (Å²) in [6.45, 7) is 0. The van der Waals surface area contributed by atoms with Crippen LogP contribution in [-0.2, 0) is 0 Å². The summed E-state index contributed by atoms with van der Waals surface area (Å²) in [6, 6.07) is 0. The maximum atomic E-state index is 1.62. The van der Waals surface area contributed by atoms with E-state index in [-0.39, 0.29) is 0 Å². The van der Waals surface area contributed by atoms with Gasteiger partial charge in [-0.3, -0.25) is 0 Å². The number of rotatable bonds is 0. The van der Waals surface area contributed by atoms with Crippen LogP contribution in [0.2, 0.25) is 0 Å². The summed E-state index contributed by atoms with van der Waals surface area (Å²) >= 11 is 0. The van der Waals surface area contributed by atoms with Gasteiger partial charge in [0, 0.05) is 0 Å². The van der Waals surface area contributed by atoms with Crippen molar-refractivity contribution >= 4 is 0 Å². The Morgan fingerprint density at radius 2 is 0.733 bits per heavy atom. The van der Waals surface area contributed by atoms with Gasteiger partial charge in [-0.15, -0.1) is 0 Å². The molecule has 0 aromatic heterocycles. The second-order valence-corrected chi connectivity index (χ2v) is 6.43. The fourth-order valence-corrected chi connectivity index (χ4v) is 4.76. The number of fused-ring (bicyclic) bond motifs is 2. The first kappa shape index (κ1) is 10.2. The van der Waals surface area contributed by atoms with Crippen LogP contribution >= 0.6 is 0 Å². The molecule has 0 N–H and O–H groups in total. The Hall–Kier alpha value is 0.